The lowest BCUT2D eigenvalue weighted by atomic mass is 9.73. The first-order valence-corrected chi connectivity index (χ1v) is 6.51. The Hall–Kier alpha value is -1.18. The minimum atomic E-state index is 0.623. The van der Waals surface area contributed by atoms with Crippen LogP contribution in [0.3, 0.4) is 0 Å². The van der Waals surface area contributed by atoms with Gasteiger partial charge in [-0.15, -0.1) is 0 Å². The average Bonchev–Trinajstić information content (AvgIpc) is 2.22. The molecule has 1 aliphatic carbocycles. The van der Waals surface area contributed by atoms with E-state index in [1.807, 2.05) is 6.07 Å². The van der Waals surface area contributed by atoms with Crippen LogP contribution in [0, 0.1) is 18.8 Å². The molecule has 0 amide bonds. The van der Waals surface area contributed by atoms with Crippen molar-refractivity contribution in [2.24, 2.45) is 11.8 Å². The molecule has 0 radical (unpaired) electrons. The highest BCUT2D eigenvalue weighted by Gasteiger charge is 2.31. The standard InChI is InChI=1S/C15H23NO/c1-10(2)12-8-13(9-12)16-14-7-11(3)5-6-15(14)17-4/h5-7,10,12-13,16H,8-9H2,1-4H3. The second kappa shape index (κ2) is 4.99. The second-order valence-electron chi connectivity index (χ2n) is 5.52. The molecule has 1 fully saturated rings. The number of anilines is 1. The molecule has 0 aromatic heterocycles. The van der Waals surface area contributed by atoms with Gasteiger partial charge in [-0.25, -0.2) is 0 Å². The fourth-order valence-electron chi connectivity index (χ4n) is 2.48. The Balaban J connectivity index is 1.98. The summed E-state index contributed by atoms with van der Waals surface area (Å²) in [6.07, 6.45) is 2.57. The van der Waals surface area contributed by atoms with Gasteiger partial charge in [-0.2, -0.15) is 0 Å². The molecular weight excluding hydrogens is 210 g/mol. The lowest BCUT2D eigenvalue weighted by Crippen LogP contribution is -2.37. The molecule has 0 heterocycles. The third kappa shape index (κ3) is 2.74. The van der Waals surface area contributed by atoms with Gasteiger partial charge in [-0.3, -0.25) is 0 Å². The maximum atomic E-state index is 5.38. The Morgan fingerprint density at radius 3 is 2.59 bits per heavy atom. The van der Waals surface area contributed by atoms with Crippen LogP contribution in [-0.4, -0.2) is 13.2 Å². The van der Waals surface area contributed by atoms with Gasteiger partial charge >= 0.3 is 0 Å². The molecule has 0 unspecified atom stereocenters. The zero-order valence-electron chi connectivity index (χ0n) is 11.3. The van der Waals surface area contributed by atoms with Crippen molar-refractivity contribution >= 4 is 5.69 Å². The number of nitrogens with one attached hydrogen (secondary N) is 1. The van der Waals surface area contributed by atoms with Gasteiger partial charge < -0.3 is 10.1 Å². The Kier molecular flexibility index (Phi) is 3.60. The van der Waals surface area contributed by atoms with Crippen LogP contribution in [-0.2, 0) is 0 Å². The summed E-state index contributed by atoms with van der Waals surface area (Å²) in [4.78, 5) is 0. The van der Waals surface area contributed by atoms with Crippen molar-refractivity contribution in [1.82, 2.24) is 0 Å². The molecule has 0 bridgehead atoms. The van der Waals surface area contributed by atoms with Gasteiger partial charge in [0.2, 0.25) is 0 Å². The van der Waals surface area contributed by atoms with E-state index in [1.165, 1.54) is 18.4 Å². The summed E-state index contributed by atoms with van der Waals surface area (Å²) in [6, 6.07) is 6.91. The number of methoxy groups -OCH3 is 1. The number of rotatable bonds is 4. The van der Waals surface area contributed by atoms with Crippen molar-refractivity contribution in [3.05, 3.63) is 23.8 Å². The highest BCUT2D eigenvalue weighted by Crippen LogP contribution is 2.37. The maximum Gasteiger partial charge on any atom is 0.141 e. The maximum absolute atomic E-state index is 5.38. The minimum absolute atomic E-state index is 0.623. The van der Waals surface area contributed by atoms with Gasteiger partial charge in [0, 0.05) is 6.04 Å². The first-order valence-electron chi connectivity index (χ1n) is 6.51. The van der Waals surface area contributed by atoms with Crippen LogP contribution >= 0.6 is 0 Å². The monoisotopic (exact) mass is 233 g/mol. The first kappa shape index (κ1) is 12.3. The number of hydrogen-bond acceptors (Lipinski definition) is 2. The van der Waals surface area contributed by atoms with E-state index in [2.05, 4.69) is 38.2 Å². The van der Waals surface area contributed by atoms with E-state index < -0.39 is 0 Å². The molecule has 1 aliphatic rings. The minimum Gasteiger partial charge on any atom is -0.495 e. The van der Waals surface area contributed by atoms with Gasteiger partial charge in [-0.1, -0.05) is 19.9 Å². The smallest absolute Gasteiger partial charge is 0.141 e. The Morgan fingerprint density at radius 2 is 2.00 bits per heavy atom. The molecule has 1 N–H and O–H groups in total. The van der Waals surface area contributed by atoms with E-state index in [9.17, 15) is 0 Å². The molecule has 0 atom stereocenters. The second-order valence-corrected chi connectivity index (χ2v) is 5.52. The first-order chi connectivity index (χ1) is 8.10. The molecule has 0 saturated heterocycles. The number of benzene rings is 1. The van der Waals surface area contributed by atoms with Crippen molar-refractivity contribution in [2.75, 3.05) is 12.4 Å². The summed E-state index contributed by atoms with van der Waals surface area (Å²) < 4.78 is 5.38. The Morgan fingerprint density at radius 1 is 1.29 bits per heavy atom. The number of aryl methyl sites for hydroxylation is 1. The Bertz CT molecular complexity index is 381. The van der Waals surface area contributed by atoms with E-state index in [1.54, 1.807) is 7.11 Å². The van der Waals surface area contributed by atoms with E-state index in [0.29, 0.717) is 6.04 Å². The van der Waals surface area contributed by atoms with E-state index >= 15 is 0 Å². The quantitative estimate of drug-likeness (QED) is 0.853. The normalized spacial score (nSPS) is 23.4. The molecule has 2 heteroatoms. The summed E-state index contributed by atoms with van der Waals surface area (Å²) in [6.45, 7) is 6.74. The topological polar surface area (TPSA) is 21.3 Å². The van der Waals surface area contributed by atoms with Crippen molar-refractivity contribution in [1.29, 1.82) is 0 Å². The van der Waals surface area contributed by atoms with E-state index in [4.69, 9.17) is 4.74 Å². The third-order valence-corrected chi connectivity index (χ3v) is 3.83. The van der Waals surface area contributed by atoms with Gasteiger partial charge in [0.25, 0.3) is 0 Å². The van der Waals surface area contributed by atoms with Gasteiger partial charge in [0.1, 0.15) is 5.75 Å². The SMILES string of the molecule is COc1ccc(C)cc1NC1CC(C(C)C)C1. The van der Waals surface area contributed by atoms with E-state index in [0.717, 1.165) is 23.3 Å². The van der Waals surface area contributed by atoms with Crippen LogP contribution < -0.4 is 10.1 Å². The molecule has 0 aliphatic heterocycles. The van der Waals surface area contributed by atoms with Crippen LogP contribution in [0.25, 0.3) is 0 Å². The van der Waals surface area contributed by atoms with Gasteiger partial charge in [0.05, 0.1) is 12.8 Å². The molecule has 1 saturated carbocycles. The lowest BCUT2D eigenvalue weighted by Gasteiger charge is -2.39. The van der Waals surface area contributed by atoms with E-state index in [-0.39, 0.29) is 0 Å². The fourth-order valence-corrected chi connectivity index (χ4v) is 2.48. The van der Waals surface area contributed by atoms with Crippen LogP contribution in [0.1, 0.15) is 32.3 Å². The van der Waals surface area contributed by atoms with Crippen LogP contribution in [0.15, 0.2) is 18.2 Å². The largest absolute Gasteiger partial charge is 0.495 e. The summed E-state index contributed by atoms with van der Waals surface area (Å²) >= 11 is 0. The predicted octanol–water partition coefficient (Wildman–Crippen LogP) is 3.85. The summed E-state index contributed by atoms with van der Waals surface area (Å²) in [7, 11) is 1.73. The average molecular weight is 233 g/mol. The van der Waals surface area contributed by atoms with Gasteiger partial charge in [0.15, 0.2) is 0 Å². The lowest BCUT2D eigenvalue weighted by molar-refractivity contribution is 0.211. The van der Waals surface area contributed by atoms with Crippen LogP contribution in [0.2, 0.25) is 0 Å². The van der Waals surface area contributed by atoms with Crippen LogP contribution in [0.4, 0.5) is 5.69 Å². The predicted molar refractivity (Wildman–Crippen MR) is 72.7 cm³/mol. The summed E-state index contributed by atoms with van der Waals surface area (Å²) in [5.74, 6) is 2.65. The molecule has 2 nitrogen and oxygen atoms in total. The zero-order chi connectivity index (χ0) is 12.4. The van der Waals surface area contributed by atoms with Crippen molar-refractivity contribution < 1.29 is 4.74 Å². The van der Waals surface area contributed by atoms with Crippen molar-refractivity contribution in [2.45, 2.75) is 39.7 Å². The van der Waals surface area contributed by atoms with Crippen LogP contribution in [0.5, 0.6) is 5.75 Å². The molecule has 17 heavy (non-hydrogen) atoms. The van der Waals surface area contributed by atoms with Crippen molar-refractivity contribution in [3.63, 3.8) is 0 Å². The molecule has 1 aromatic rings. The number of hydrogen-bond donors (Lipinski definition) is 1. The van der Waals surface area contributed by atoms with Crippen molar-refractivity contribution in [3.8, 4) is 5.75 Å². The Labute approximate surface area is 104 Å². The molecule has 94 valence electrons. The molecule has 2 rings (SSSR count). The zero-order valence-corrected chi connectivity index (χ0v) is 11.3. The molecule has 0 spiro atoms. The summed E-state index contributed by atoms with van der Waals surface area (Å²) in [5, 5.41) is 3.60. The molecule has 1 aromatic carbocycles. The van der Waals surface area contributed by atoms with Gasteiger partial charge in [-0.05, 0) is 49.3 Å². The highest BCUT2D eigenvalue weighted by atomic mass is 16.5. The highest BCUT2D eigenvalue weighted by molar-refractivity contribution is 5.58. The summed E-state index contributed by atoms with van der Waals surface area (Å²) in [5.41, 5.74) is 2.41. The molecular formula is C15H23NO. The number of ether oxygens (including phenoxy) is 1. The fraction of sp³-hybridized carbons (Fsp3) is 0.600. The third-order valence-electron chi connectivity index (χ3n) is 3.83.